The standard InChI is InChI=1S/C21H17ClFN5O2/c1-12-19(21(29)24-16-9-5-14(22)6-10-16)25-26-20-18(13-3-7-15(23)8-4-13)17(11-30-2)27-28(12)20/h3-10H,11H2,1-2H3,(H,24,29). The number of carbonyl (C=O) groups excluding carboxylic acids is 1. The summed E-state index contributed by atoms with van der Waals surface area (Å²) in [5.74, 6) is -0.761. The molecule has 0 aliphatic rings. The summed E-state index contributed by atoms with van der Waals surface area (Å²) >= 11 is 5.88. The SMILES string of the molecule is COCc1nn2c(C)c(C(=O)Nc3ccc(Cl)cc3)nnc2c1-c1ccc(F)cc1. The van der Waals surface area contributed by atoms with Crippen molar-refractivity contribution < 1.29 is 13.9 Å². The number of nitrogens with one attached hydrogen (secondary N) is 1. The number of carbonyl (C=O) groups is 1. The van der Waals surface area contributed by atoms with Gasteiger partial charge in [-0.2, -0.15) is 5.10 Å². The molecule has 2 aromatic heterocycles. The van der Waals surface area contributed by atoms with Gasteiger partial charge >= 0.3 is 0 Å². The number of aromatic nitrogens is 4. The molecule has 0 saturated heterocycles. The fourth-order valence-electron chi connectivity index (χ4n) is 3.13. The van der Waals surface area contributed by atoms with Crippen LogP contribution in [0.1, 0.15) is 21.9 Å². The van der Waals surface area contributed by atoms with Gasteiger partial charge in [-0.25, -0.2) is 8.91 Å². The van der Waals surface area contributed by atoms with Crippen LogP contribution >= 0.6 is 11.6 Å². The van der Waals surface area contributed by atoms with Crippen molar-refractivity contribution in [2.24, 2.45) is 0 Å². The van der Waals surface area contributed by atoms with Crippen molar-refractivity contribution in [3.8, 4) is 11.1 Å². The number of aryl methyl sites for hydroxylation is 1. The van der Waals surface area contributed by atoms with Crippen LogP contribution in [0.15, 0.2) is 48.5 Å². The zero-order valence-corrected chi connectivity index (χ0v) is 16.9. The summed E-state index contributed by atoms with van der Waals surface area (Å²) in [5.41, 5.74) is 3.69. The van der Waals surface area contributed by atoms with Gasteiger partial charge in [0.2, 0.25) is 0 Å². The van der Waals surface area contributed by atoms with E-state index in [1.807, 2.05) is 0 Å². The summed E-state index contributed by atoms with van der Waals surface area (Å²) in [6, 6.07) is 12.8. The molecule has 1 N–H and O–H groups in total. The van der Waals surface area contributed by atoms with Crippen LogP contribution in [0.5, 0.6) is 0 Å². The van der Waals surface area contributed by atoms with E-state index in [0.29, 0.717) is 33.3 Å². The number of amides is 1. The topological polar surface area (TPSA) is 81.4 Å². The van der Waals surface area contributed by atoms with Gasteiger partial charge < -0.3 is 10.1 Å². The van der Waals surface area contributed by atoms with Gasteiger partial charge in [0.25, 0.3) is 5.91 Å². The first-order chi connectivity index (χ1) is 14.5. The van der Waals surface area contributed by atoms with Crippen molar-refractivity contribution in [3.05, 3.63) is 76.5 Å². The Bertz CT molecular complexity index is 1220. The van der Waals surface area contributed by atoms with Gasteiger partial charge in [-0.3, -0.25) is 4.79 Å². The average Bonchev–Trinajstić information content (AvgIpc) is 3.10. The Kier molecular flexibility index (Phi) is 5.43. The summed E-state index contributed by atoms with van der Waals surface area (Å²) in [7, 11) is 1.56. The Morgan fingerprint density at radius 3 is 2.50 bits per heavy atom. The minimum absolute atomic E-state index is 0.134. The van der Waals surface area contributed by atoms with E-state index < -0.39 is 5.91 Å². The maximum atomic E-state index is 13.4. The number of hydrogen-bond donors (Lipinski definition) is 1. The summed E-state index contributed by atoms with van der Waals surface area (Å²) < 4.78 is 20.2. The van der Waals surface area contributed by atoms with Gasteiger partial charge in [-0.15, -0.1) is 10.2 Å². The zero-order chi connectivity index (χ0) is 21.3. The second-order valence-corrected chi connectivity index (χ2v) is 7.03. The first-order valence-corrected chi connectivity index (χ1v) is 9.42. The molecule has 2 heterocycles. The molecule has 0 radical (unpaired) electrons. The van der Waals surface area contributed by atoms with Gasteiger partial charge in [-0.1, -0.05) is 23.7 Å². The molecule has 30 heavy (non-hydrogen) atoms. The van der Waals surface area contributed by atoms with E-state index in [1.54, 1.807) is 54.9 Å². The highest BCUT2D eigenvalue weighted by Crippen LogP contribution is 2.29. The van der Waals surface area contributed by atoms with E-state index in [-0.39, 0.29) is 18.1 Å². The molecule has 0 fully saturated rings. The number of rotatable bonds is 5. The molecule has 9 heteroatoms. The van der Waals surface area contributed by atoms with Crippen molar-refractivity contribution >= 4 is 28.8 Å². The van der Waals surface area contributed by atoms with E-state index in [0.717, 1.165) is 5.56 Å². The van der Waals surface area contributed by atoms with Crippen molar-refractivity contribution in [1.82, 2.24) is 19.8 Å². The molecule has 0 atom stereocenters. The number of halogens is 2. The van der Waals surface area contributed by atoms with Crippen molar-refractivity contribution in [2.75, 3.05) is 12.4 Å². The first-order valence-electron chi connectivity index (χ1n) is 9.04. The molecule has 4 rings (SSSR count). The number of benzene rings is 2. The molecular weight excluding hydrogens is 409 g/mol. The smallest absolute Gasteiger partial charge is 0.278 e. The zero-order valence-electron chi connectivity index (χ0n) is 16.2. The maximum Gasteiger partial charge on any atom is 0.278 e. The molecule has 1 amide bonds. The highest BCUT2D eigenvalue weighted by atomic mass is 35.5. The third-order valence-electron chi connectivity index (χ3n) is 4.57. The Morgan fingerprint density at radius 1 is 1.13 bits per heavy atom. The summed E-state index contributed by atoms with van der Waals surface area (Å²) in [4.78, 5) is 12.7. The van der Waals surface area contributed by atoms with Gasteiger partial charge in [0.05, 0.1) is 23.6 Å². The fraction of sp³-hybridized carbons (Fsp3) is 0.143. The number of methoxy groups -OCH3 is 1. The molecule has 0 spiro atoms. The summed E-state index contributed by atoms with van der Waals surface area (Å²) in [6.07, 6.45) is 0. The average molecular weight is 426 g/mol. The Morgan fingerprint density at radius 2 is 1.83 bits per heavy atom. The van der Waals surface area contributed by atoms with E-state index >= 15 is 0 Å². The summed E-state index contributed by atoms with van der Waals surface area (Å²) in [6.45, 7) is 1.96. The highest BCUT2D eigenvalue weighted by molar-refractivity contribution is 6.30. The van der Waals surface area contributed by atoms with Crippen LogP contribution in [-0.2, 0) is 11.3 Å². The minimum atomic E-state index is -0.420. The van der Waals surface area contributed by atoms with E-state index in [2.05, 4.69) is 20.6 Å². The van der Waals surface area contributed by atoms with Crippen LogP contribution in [-0.4, -0.2) is 32.8 Å². The van der Waals surface area contributed by atoms with Crippen LogP contribution in [0, 0.1) is 12.7 Å². The second-order valence-electron chi connectivity index (χ2n) is 6.59. The number of ether oxygens (including phenoxy) is 1. The second kappa shape index (κ2) is 8.17. The number of anilines is 1. The third-order valence-corrected chi connectivity index (χ3v) is 4.82. The van der Waals surface area contributed by atoms with Crippen LogP contribution in [0.2, 0.25) is 5.02 Å². The normalized spacial score (nSPS) is 11.1. The molecule has 0 bridgehead atoms. The Labute approximate surface area is 176 Å². The lowest BCUT2D eigenvalue weighted by molar-refractivity contribution is 0.102. The number of hydrogen-bond acceptors (Lipinski definition) is 5. The molecule has 0 aliphatic heterocycles. The first kappa shape index (κ1) is 19.9. The fourth-order valence-corrected chi connectivity index (χ4v) is 3.26. The molecule has 2 aromatic carbocycles. The number of nitrogens with zero attached hydrogens (tertiary/aromatic N) is 4. The van der Waals surface area contributed by atoms with Crippen LogP contribution in [0.4, 0.5) is 10.1 Å². The Hall–Kier alpha value is -3.36. The summed E-state index contributed by atoms with van der Waals surface area (Å²) in [5, 5.41) is 16.3. The third kappa shape index (κ3) is 3.74. The predicted octanol–water partition coefficient (Wildman–Crippen LogP) is 4.29. The van der Waals surface area contributed by atoms with Gasteiger partial charge in [0, 0.05) is 17.8 Å². The van der Waals surface area contributed by atoms with Gasteiger partial charge in [-0.05, 0) is 48.9 Å². The van der Waals surface area contributed by atoms with Gasteiger partial charge in [0.15, 0.2) is 11.3 Å². The van der Waals surface area contributed by atoms with Crippen molar-refractivity contribution in [1.29, 1.82) is 0 Å². The molecule has 152 valence electrons. The van der Waals surface area contributed by atoms with Gasteiger partial charge in [0.1, 0.15) is 5.82 Å². The minimum Gasteiger partial charge on any atom is -0.378 e. The quantitative estimate of drug-likeness (QED) is 0.515. The molecule has 4 aromatic rings. The monoisotopic (exact) mass is 425 g/mol. The largest absolute Gasteiger partial charge is 0.378 e. The number of fused-ring (bicyclic) bond motifs is 1. The van der Waals surface area contributed by atoms with E-state index in [4.69, 9.17) is 16.3 Å². The van der Waals surface area contributed by atoms with E-state index in [1.165, 1.54) is 12.1 Å². The van der Waals surface area contributed by atoms with Crippen molar-refractivity contribution in [3.63, 3.8) is 0 Å². The van der Waals surface area contributed by atoms with Crippen LogP contribution in [0.3, 0.4) is 0 Å². The Balaban J connectivity index is 1.77. The molecular formula is C21H17ClFN5O2. The lowest BCUT2D eigenvalue weighted by Crippen LogP contribution is -2.18. The lowest BCUT2D eigenvalue weighted by Gasteiger charge is -2.08. The van der Waals surface area contributed by atoms with Crippen LogP contribution in [0.25, 0.3) is 16.8 Å². The molecule has 0 aliphatic carbocycles. The predicted molar refractivity (Wildman–Crippen MR) is 111 cm³/mol. The lowest BCUT2D eigenvalue weighted by atomic mass is 10.1. The van der Waals surface area contributed by atoms with Crippen LogP contribution < -0.4 is 5.32 Å². The highest BCUT2D eigenvalue weighted by Gasteiger charge is 2.22. The molecule has 7 nitrogen and oxygen atoms in total. The van der Waals surface area contributed by atoms with Crippen molar-refractivity contribution in [2.45, 2.75) is 13.5 Å². The molecule has 0 unspecified atom stereocenters. The van der Waals surface area contributed by atoms with E-state index in [9.17, 15) is 9.18 Å². The molecule has 0 saturated carbocycles. The maximum absolute atomic E-state index is 13.4.